The topological polar surface area (TPSA) is 55.3 Å². The Morgan fingerprint density at radius 2 is 2.00 bits per heavy atom. The molecular formula is C16H16ClN3O2. The maximum atomic E-state index is 12.4. The van der Waals surface area contributed by atoms with Crippen molar-refractivity contribution in [2.24, 2.45) is 0 Å². The first-order valence-corrected chi connectivity index (χ1v) is 7.47. The normalized spacial score (nSPS) is 17.5. The molecule has 6 heteroatoms. The summed E-state index contributed by atoms with van der Waals surface area (Å²) < 4.78 is 4.95. The molecule has 5 nitrogen and oxygen atoms in total. The Morgan fingerprint density at radius 3 is 2.64 bits per heavy atom. The van der Waals surface area contributed by atoms with Gasteiger partial charge in [0.2, 0.25) is 5.88 Å². The molecule has 0 aliphatic carbocycles. The fourth-order valence-corrected chi connectivity index (χ4v) is 2.78. The first kappa shape index (κ1) is 14.8. The second kappa shape index (κ2) is 6.32. The van der Waals surface area contributed by atoms with E-state index < -0.39 is 0 Å². The lowest BCUT2D eigenvalue weighted by Gasteiger charge is -2.16. The van der Waals surface area contributed by atoms with Gasteiger partial charge >= 0.3 is 0 Å². The molecule has 1 amide bonds. The molecule has 1 aliphatic rings. The van der Waals surface area contributed by atoms with Gasteiger partial charge in [-0.2, -0.15) is 0 Å². The number of rotatable bonds is 3. The quantitative estimate of drug-likeness (QED) is 0.873. The van der Waals surface area contributed by atoms with Crippen LogP contribution in [0, 0.1) is 0 Å². The van der Waals surface area contributed by atoms with Crippen molar-refractivity contribution in [1.29, 1.82) is 0 Å². The molecule has 0 N–H and O–H groups in total. The van der Waals surface area contributed by atoms with Crippen LogP contribution in [0.15, 0.2) is 36.4 Å². The highest BCUT2D eigenvalue weighted by Crippen LogP contribution is 2.28. The molecular weight excluding hydrogens is 302 g/mol. The Kier molecular flexibility index (Phi) is 4.24. The Labute approximate surface area is 133 Å². The largest absolute Gasteiger partial charge is 0.480 e. The zero-order valence-corrected chi connectivity index (χ0v) is 13.0. The number of amides is 1. The second-order valence-corrected chi connectivity index (χ2v) is 5.69. The lowest BCUT2D eigenvalue weighted by molar-refractivity contribution is 0.0783. The minimum absolute atomic E-state index is 0.0911. The maximum Gasteiger partial charge on any atom is 0.274 e. The highest BCUT2D eigenvalue weighted by atomic mass is 35.5. The smallest absolute Gasteiger partial charge is 0.274 e. The number of methoxy groups -OCH3 is 1. The number of nitrogens with zero attached hydrogens (tertiary/aromatic N) is 3. The number of benzene rings is 1. The van der Waals surface area contributed by atoms with Crippen LogP contribution in [0.5, 0.6) is 5.88 Å². The molecule has 1 aliphatic heterocycles. The molecule has 1 fully saturated rings. The number of carbonyl (C=O) groups excluding carboxylic acids is 1. The van der Waals surface area contributed by atoms with Gasteiger partial charge in [0.15, 0.2) is 5.69 Å². The summed E-state index contributed by atoms with van der Waals surface area (Å²) in [5, 5.41) is 8.49. The van der Waals surface area contributed by atoms with Gasteiger partial charge in [0.25, 0.3) is 5.91 Å². The van der Waals surface area contributed by atoms with Crippen molar-refractivity contribution >= 4 is 17.5 Å². The van der Waals surface area contributed by atoms with Crippen LogP contribution in [0.2, 0.25) is 5.02 Å². The fourth-order valence-electron chi connectivity index (χ4n) is 2.66. The van der Waals surface area contributed by atoms with Crippen LogP contribution >= 0.6 is 11.6 Å². The summed E-state index contributed by atoms with van der Waals surface area (Å²) in [4.78, 5) is 14.3. The van der Waals surface area contributed by atoms with Crippen molar-refractivity contribution in [3.63, 3.8) is 0 Å². The predicted molar refractivity (Wildman–Crippen MR) is 83.3 cm³/mol. The Bertz CT molecular complexity index is 658. The average Bonchev–Trinajstić information content (AvgIpc) is 3.05. The van der Waals surface area contributed by atoms with Gasteiger partial charge in [-0.15, -0.1) is 10.2 Å². The summed E-state index contributed by atoms with van der Waals surface area (Å²) in [7, 11) is 1.52. The number of aromatic nitrogens is 2. The molecule has 1 unspecified atom stereocenters. The predicted octanol–water partition coefficient (Wildman–Crippen LogP) is 2.77. The fraction of sp³-hybridized carbons (Fsp3) is 0.312. The van der Waals surface area contributed by atoms with Crippen LogP contribution in [0.25, 0.3) is 0 Å². The Morgan fingerprint density at radius 1 is 1.23 bits per heavy atom. The average molecular weight is 318 g/mol. The van der Waals surface area contributed by atoms with Crippen molar-refractivity contribution in [1.82, 2.24) is 15.1 Å². The van der Waals surface area contributed by atoms with Gasteiger partial charge in [-0.1, -0.05) is 23.7 Å². The van der Waals surface area contributed by atoms with Gasteiger partial charge in [0, 0.05) is 30.1 Å². The van der Waals surface area contributed by atoms with E-state index in [9.17, 15) is 4.79 Å². The van der Waals surface area contributed by atoms with Gasteiger partial charge < -0.3 is 9.64 Å². The summed E-state index contributed by atoms with van der Waals surface area (Å²) in [6.45, 7) is 1.41. The Balaban J connectivity index is 1.68. The monoisotopic (exact) mass is 317 g/mol. The lowest BCUT2D eigenvalue weighted by atomic mass is 9.99. The second-order valence-electron chi connectivity index (χ2n) is 5.25. The molecule has 114 valence electrons. The van der Waals surface area contributed by atoms with E-state index in [1.807, 2.05) is 29.2 Å². The maximum absolute atomic E-state index is 12.4. The van der Waals surface area contributed by atoms with Gasteiger partial charge in [-0.3, -0.25) is 4.79 Å². The number of likely N-dealkylation sites (tertiary alicyclic amines) is 1. The van der Waals surface area contributed by atoms with E-state index in [4.69, 9.17) is 16.3 Å². The number of hydrogen-bond donors (Lipinski definition) is 0. The number of ether oxygens (including phenoxy) is 1. The summed E-state index contributed by atoms with van der Waals surface area (Å²) in [6.07, 6.45) is 0.941. The van der Waals surface area contributed by atoms with E-state index in [1.165, 1.54) is 12.7 Å². The van der Waals surface area contributed by atoms with Crippen molar-refractivity contribution in [2.75, 3.05) is 20.2 Å². The third kappa shape index (κ3) is 3.04. The molecule has 1 aromatic carbocycles. The SMILES string of the molecule is COc1ccc(C(=O)N2CCC(c3ccc(Cl)cc3)C2)nn1. The number of carbonyl (C=O) groups is 1. The third-order valence-corrected chi connectivity index (χ3v) is 4.14. The number of halogens is 1. The molecule has 0 bridgehead atoms. The Hall–Kier alpha value is -2.14. The summed E-state index contributed by atoms with van der Waals surface area (Å²) in [5.41, 5.74) is 1.55. The van der Waals surface area contributed by atoms with Gasteiger partial charge in [0.05, 0.1) is 7.11 Å². The van der Waals surface area contributed by atoms with Crippen LogP contribution in [0.1, 0.15) is 28.4 Å². The first-order chi connectivity index (χ1) is 10.7. The molecule has 1 atom stereocenters. The van der Waals surface area contributed by atoms with Crippen molar-refractivity contribution < 1.29 is 9.53 Å². The van der Waals surface area contributed by atoms with Gasteiger partial charge in [-0.25, -0.2) is 0 Å². The van der Waals surface area contributed by atoms with E-state index in [0.717, 1.165) is 18.0 Å². The zero-order chi connectivity index (χ0) is 15.5. The molecule has 2 aromatic rings. The highest BCUT2D eigenvalue weighted by Gasteiger charge is 2.28. The molecule has 3 rings (SSSR count). The van der Waals surface area contributed by atoms with Crippen molar-refractivity contribution in [3.05, 3.63) is 52.7 Å². The molecule has 1 aromatic heterocycles. The summed E-state index contributed by atoms with van der Waals surface area (Å²) >= 11 is 5.91. The minimum Gasteiger partial charge on any atom is -0.480 e. The van der Waals surface area contributed by atoms with E-state index in [0.29, 0.717) is 24.0 Å². The molecule has 1 saturated heterocycles. The van der Waals surface area contributed by atoms with Gasteiger partial charge in [-0.05, 0) is 30.2 Å². The van der Waals surface area contributed by atoms with Crippen molar-refractivity contribution in [3.8, 4) is 5.88 Å². The third-order valence-electron chi connectivity index (χ3n) is 3.89. The minimum atomic E-state index is -0.0911. The van der Waals surface area contributed by atoms with Crippen LogP contribution in [0.4, 0.5) is 0 Å². The zero-order valence-electron chi connectivity index (χ0n) is 12.2. The van der Waals surface area contributed by atoms with Crippen LogP contribution in [0.3, 0.4) is 0 Å². The molecule has 0 saturated carbocycles. The van der Waals surface area contributed by atoms with Gasteiger partial charge in [0.1, 0.15) is 0 Å². The lowest BCUT2D eigenvalue weighted by Crippen LogP contribution is -2.29. The van der Waals surface area contributed by atoms with E-state index in [-0.39, 0.29) is 5.91 Å². The first-order valence-electron chi connectivity index (χ1n) is 7.10. The number of hydrogen-bond acceptors (Lipinski definition) is 4. The van der Waals surface area contributed by atoms with E-state index in [1.54, 1.807) is 12.1 Å². The molecule has 0 spiro atoms. The molecule has 2 heterocycles. The van der Waals surface area contributed by atoms with E-state index in [2.05, 4.69) is 10.2 Å². The van der Waals surface area contributed by atoms with Crippen molar-refractivity contribution in [2.45, 2.75) is 12.3 Å². The van der Waals surface area contributed by atoms with E-state index >= 15 is 0 Å². The van der Waals surface area contributed by atoms with Crippen LogP contribution in [-0.2, 0) is 0 Å². The molecule has 22 heavy (non-hydrogen) atoms. The van der Waals surface area contributed by atoms with Crippen LogP contribution < -0.4 is 4.74 Å². The standard InChI is InChI=1S/C16H16ClN3O2/c1-22-15-7-6-14(18-19-15)16(21)20-9-8-12(10-20)11-2-4-13(17)5-3-11/h2-7,12H,8-10H2,1H3. The van der Waals surface area contributed by atoms with Crippen LogP contribution in [-0.4, -0.2) is 41.2 Å². The summed E-state index contributed by atoms with van der Waals surface area (Å²) in [5.74, 6) is 0.649. The summed E-state index contributed by atoms with van der Waals surface area (Å²) in [6, 6.07) is 11.1. The molecule has 0 radical (unpaired) electrons. The highest BCUT2D eigenvalue weighted by molar-refractivity contribution is 6.30.